The second-order valence-electron chi connectivity index (χ2n) is 8.01. The Hall–Kier alpha value is -3.22. The average Bonchev–Trinajstić information content (AvgIpc) is 3.41. The summed E-state index contributed by atoms with van der Waals surface area (Å²) < 4.78 is 7.19. The number of benzene rings is 1. The molecule has 0 aliphatic carbocycles. The average molecular weight is 406 g/mol. The smallest absolute Gasteiger partial charge is 0.339 e. The van der Waals surface area contributed by atoms with E-state index in [0.717, 1.165) is 37.1 Å². The van der Waals surface area contributed by atoms with Gasteiger partial charge in [0, 0.05) is 24.7 Å². The summed E-state index contributed by atoms with van der Waals surface area (Å²) >= 11 is 0. The van der Waals surface area contributed by atoms with Gasteiger partial charge in [0.1, 0.15) is 0 Å². The summed E-state index contributed by atoms with van der Waals surface area (Å²) in [6.45, 7) is 7.26. The first-order valence-corrected chi connectivity index (χ1v) is 10.3. The Morgan fingerprint density at radius 1 is 1.13 bits per heavy atom. The fourth-order valence-corrected chi connectivity index (χ4v) is 3.70. The molecule has 1 saturated heterocycles. The molecule has 1 amide bonds. The zero-order valence-corrected chi connectivity index (χ0v) is 17.6. The number of aromatic nitrogens is 3. The topological polar surface area (TPSA) is 77.3 Å². The summed E-state index contributed by atoms with van der Waals surface area (Å²) in [5, 5.41) is 5.04. The van der Waals surface area contributed by atoms with Crippen molar-refractivity contribution in [3.63, 3.8) is 0 Å². The van der Waals surface area contributed by atoms with Crippen LogP contribution in [0.1, 0.15) is 48.7 Å². The molecule has 0 bridgehead atoms. The third-order valence-corrected chi connectivity index (χ3v) is 5.41. The molecule has 1 aliphatic rings. The summed E-state index contributed by atoms with van der Waals surface area (Å²) in [6, 6.07) is 9.78. The van der Waals surface area contributed by atoms with E-state index in [9.17, 15) is 9.59 Å². The van der Waals surface area contributed by atoms with Gasteiger partial charge in [-0.25, -0.2) is 14.5 Å². The van der Waals surface area contributed by atoms with Gasteiger partial charge in [0.25, 0.3) is 5.91 Å². The van der Waals surface area contributed by atoms with E-state index < -0.39 is 5.97 Å². The number of carbonyl (C=O) groups is 2. The minimum Gasteiger partial charge on any atom is -0.452 e. The van der Waals surface area contributed by atoms with Crippen molar-refractivity contribution in [1.82, 2.24) is 19.7 Å². The van der Waals surface area contributed by atoms with Crippen molar-refractivity contribution in [1.29, 1.82) is 0 Å². The molecule has 1 aliphatic heterocycles. The van der Waals surface area contributed by atoms with E-state index in [0.29, 0.717) is 22.3 Å². The van der Waals surface area contributed by atoms with Crippen molar-refractivity contribution in [2.75, 3.05) is 19.7 Å². The third-order valence-electron chi connectivity index (χ3n) is 5.41. The molecule has 0 N–H and O–H groups in total. The highest BCUT2D eigenvalue weighted by Gasteiger charge is 2.23. The lowest BCUT2D eigenvalue weighted by Gasteiger charge is -2.15. The molecule has 0 saturated carbocycles. The number of ether oxygens (including phenoxy) is 1. The molecule has 3 heterocycles. The van der Waals surface area contributed by atoms with Gasteiger partial charge in [-0.3, -0.25) is 4.79 Å². The van der Waals surface area contributed by atoms with Gasteiger partial charge in [0.2, 0.25) is 0 Å². The normalized spacial score (nSPS) is 13.9. The van der Waals surface area contributed by atoms with E-state index in [1.54, 1.807) is 21.8 Å². The van der Waals surface area contributed by atoms with E-state index in [2.05, 4.69) is 5.10 Å². The van der Waals surface area contributed by atoms with Crippen LogP contribution < -0.4 is 0 Å². The van der Waals surface area contributed by atoms with Crippen molar-refractivity contribution in [3.8, 4) is 11.3 Å². The lowest BCUT2D eigenvalue weighted by molar-refractivity contribution is -0.133. The number of esters is 1. The van der Waals surface area contributed by atoms with Crippen LogP contribution >= 0.6 is 0 Å². The van der Waals surface area contributed by atoms with Gasteiger partial charge in [0.05, 0.1) is 22.8 Å². The first-order valence-electron chi connectivity index (χ1n) is 10.3. The highest BCUT2D eigenvalue weighted by Crippen LogP contribution is 2.27. The Labute approximate surface area is 175 Å². The number of fused-ring (bicyclic) bond motifs is 1. The number of nitrogens with zero attached hydrogens (tertiary/aromatic N) is 4. The molecule has 0 radical (unpaired) electrons. The molecular weight excluding hydrogens is 380 g/mol. The molecule has 156 valence electrons. The molecule has 0 atom stereocenters. The van der Waals surface area contributed by atoms with Gasteiger partial charge in [-0.1, -0.05) is 29.8 Å². The van der Waals surface area contributed by atoms with E-state index >= 15 is 0 Å². The van der Waals surface area contributed by atoms with Gasteiger partial charge in [-0.15, -0.1) is 0 Å². The predicted octanol–water partition coefficient (Wildman–Crippen LogP) is 3.77. The second kappa shape index (κ2) is 8.26. The van der Waals surface area contributed by atoms with Gasteiger partial charge in [0.15, 0.2) is 12.3 Å². The Morgan fingerprint density at radius 2 is 1.83 bits per heavy atom. The number of amides is 1. The fourth-order valence-electron chi connectivity index (χ4n) is 3.70. The predicted molar refractivity (Wildman–Crippen MR) is 114 cm³/mol. The van der Waals surface area contributed by atoms with E-state index in [-0.39, 0.29) is 18.6 Å². The molecule has 2 aromatic heterocycles. The van der Waals surface area contributed by atoms with Crippen molar-refractivity contribution in [2.45, 2.75) is 39.7 Å². The van der Waals surface area contributed by atoms with Gasteiger partial charge in [-0.05, 0) is 39.7 Å². The first kappa shape index (κ1) is 20.1. The number of hydrogen-bond donors (Lipinski definition) is 0. The van der Waals surface area contributed by atoms with Crippen LogP contribution in [0.15, 0.2) is 36.5 Å². The van der Waals surface area contributed by atoms with E-state index in [1.807, 2.05) is 45.0 Å². The Bertz CT molecular complexity index is 1080. The third kappa shape index (κ3) is 3.92. The maximum absolute atomic E-state index is 12.9. The van der Waals surface area contributed by atoms with Crippen LogP contribution in [0.25, 0.3) is 22.3 Å². The van der Waals surface area contributed by atoms with Crippen LogP contribution in [0.4, 0.5) is 0 Å². The lowest BCUT2D eigenvalue weighted by Crippen LogP contribution is -2.32. The first-order chi connectivity index (χ1) is 14.4. The Kier molecular flexibility index (Phi) is 5.53. The minimum absolute atomic E-state index is 0.0869. The van der Waals surface area contributed by atoms with E-state index in [4.69, 9.17) is 9.72 Å². The molecule has 4 rings (SSSR count). The molecular formula is C23H26N4O3. The van der Waals surface area contributed by atoms with Crippen LogP contribution in [-0.2, 0) is 9.53 Å². The number of rotatable bonds is 5. The molecule has 1 fully saturated rings. The molecule has 7 nitrogen and oxygen atoms in total. The van der Waals surface area contributed by atoms with Crippen molar-refractivity contribution in [3.05, 3.63) is 47.7 Å². The largest absolute Gasteiger partial charge is 0.452 e. The molecule has 1 aromatic carbocycles. The summed E-state index contributed by atoms with van der Waals surface area (Å²) in [5.41, 5.74) is 3.72. The van der Waals surface area contributed by atoms with Crippen LogP contribution in [0.3, 0.4) is 0 Å². The quantitative estimate of drug-likeness (QED) is 0.603. The maximum Gasteiger partial charge on any atom is 0.339 e. The zero-order chi connectivity index (χ0) is 21.3. The standard InChI is InChI=1S/C23H26N4O3/c1-15(2)27-22-19(13-24-27)18(12-20(25-22)17-8-6-16(3)7-9-17)23(29)30-14-21(28)26-10-4-5-11-26/h6-9,12-13,15H,4-5,10-11,14H2,1-3H3. The number of likely N-dealkylation sites (tertiary alicyclic amines) is 1. The SMILES string of the molecule is Cc1ccc(-c2cc(C(=O)OCC(=O)N3CCCC3)c3cnn(C(C)C)c3n2)cc1. The van der Waals surface area contributed by atoms with Crippen molar-refractivity contribution < 1.29 is 14.3 Å². The summed E-state index contributed by atoms with van der Waals surface area (Å²) in [5.74, 6) is -0.686. The van der Waals surface area contributed by atoms with Crippen molar-refractivity contribution >= 4 is 22.9 Å². The number of aryl methyl sites for hydroxylation is 1. The van der Waals surface area contributed by atoms with Crippen LogP contribution in [0, 0.1) is 6.92 Å². The van der Waals surface area contributed by atoms with Gasteiger partial charge < -0.3 is 9.64 Å². The monoisotopic (exact) mass is 406 g/mol. The Balaban J connectivity index is 1.69. The highest BCUT2D eigenvalue weighted by molar-refractivity contribution is 6.04. The molecule has 0 unspecified atom stereocenters. The van der Waals surface area contributed by atoms with Crippen molar-refractivity contribution in [2.24, 2.45) is 0 Å². The molecule has 3 aromatic rings. The fraction of sp³-hybridized carbons (Fsp3) is 0.391. The number of carbonyl (C=O) groups excluding carboxylic acids is 2. The van der Waals surface area contributed by atoms with E-state index in [1.165, 1.54) is 0 Å². The number of pyridine rings is 1. The molecule has 7 heteroatoms. The summed E-state index contributed by atoms with van der Waals surface area (Å²) in [6.07, 6.45) is 3.64. The summed E-state index contributed by atoms with van der Waals surface area (Å²) in [7, 11) is 0. The number of hydrogen-bond acceptors (Lipinski definition) is 5. The summed E-state index contributed by atoms with van der Waals surface area (Å²) in [4.78, 5) is 31.7. The highest BCUT2D eigenvalue weighted by atomic mass is 16.5. The van der Waals surface area contributed by atoms with Gasteiger partial charge in [-0.2, -0.15) is 5.10 Å². The Morgan fingerprint density at radius 3 is 2.50 bits per heavy atom. The van der Waals surface area contributed by atoms with Gasteiger partial charge >= 0.3 is 5.97 Å². The van der Waals surface area contributed by atoms with Crippen LogP contribution in [0.5, 0.6) is 0 Å². The van der Waals surface area contributed by atoms with Crippen LogP contribution in [0.2, 0.25) is 0 Å². The van der Waals surface area contributed by atoms with Crippen LogP contribution in [-0.4, -0.2) is 51.2 Å². The minimum atomic E-state index is -0.536. The molecule has 0 spiro atoms. The zero-order valence-electron chi connectivity index (χ0n) is 17.6. The lowest BCUT2D eigenvalue weighted by atomic mass is 10.1. The maximum atomic E-state index is 12.9. The molecule has 30 heavy (non-hydrogen) atoms. The second-order valence-corrected chi connectivity index (χ2v) is 8.01.